The Labute approximate surface area is 115 Å². The van der Waals surface area contributed by atoms with E-state index in [1.165, 1.54) is 18.9 Å². The van der Waals surface area contributed by atoms with E-state index in [-0.39, 0.29) is 5.82 Å². The Hall–Kier alpha value is -0.930. The van der Waals surface area contributed by atoms with Crippen LogP contribution in [0.4, 0.5) is 4.39 Å². The topological polar surface area (TPSA) is 32.3 Å². The lowest BCUT2D eigenvalue weighted by atomic mass is 9.94. The minimum absolute atomic E-state index is 0.191. The average molecular weight is 265 g/mol. The van der Waals surface area contributed by atoms with Crippen LogP contribution in [-0.2, 0) is 6.54 Å². The molecular formula is C16H24FNO. The van der Waals surface area contributed by atoms with E-state index in [0.29, 0.717) is 13.1 Å². The van der Waals surface area contributed by atoms with Gasteiger partial charge in [0.1, 0.15) is 5.82 Å². The van der Waals surface area contributed by atoms with Crippen LogP contribution in [-0.4, -0.2) is 17.3 Å². The molecular weight excluding hydrogens is 241 g/mol. The highest BCUT2D eigenvalue weighted by Crippen LogP contribution is 2.26. The van der Waals surface area contributed by atoms with E-state index in [0.717, 1.165) is 36.8 Å². The summed E-state index contributed by atoms with van der Waals surface area (Å²) in [6, 6.07) is 4.86. The van der Waals surface area contributed by atoms with Crippen molar-refractivity contribution >= 4 is 0 Å². The molecule has 1 aromatic rings. The Bertz CT molecular complexity index is 411. The molecule has 1 fully saturated rings. The predicted molar refractivity (Wildman–Crippen MR) is 75.5 cm³/mol. The van der Waals surface area contributed by atoms with E-state index in [9.17, 15) is 9.50 Å². The van der Waals surface area contributed by atoms with Crippen LogP contribution in [0.5, 0.6) is 0 Å². The Kier molecular flexibility index (Phi) is 4.94. The van der Waals surface area contributed by atoms with Crippen molar-refractivity contribution in [2.45, 2.75) is 57.6 Å². The maximum absolute atomic E-state index is 13.0. The van der Waals surface area contributed by atoms with Crippen LogP contribution in [0.15, 0.2) is 18.2 Å². The predicted octanol–water partition coefficient (Wildman–Crippen LogP) is 3.31. The molecule has 1 saturated carbocycles. The number of aryl methyl sites for hydroxylation is 1. The normalized spacial score (nSPS) is 19.1. The number of hydrogen-bond donors (Lipinski definition) is 2. The molecule has 1 aromatic carbocycles. The Morgan fingerprint density at radius 1 is 1.21 bits per heavy atom. The van der Waals surface area contributed by atoms with Crippen molar-refractivity contribution in [1.29, 1.82) is 0 Å². The lowest BCUT2D eigenvalue weighted by molar-refractivity contribution is 0.0250. The lowest BCUT2D eigenvalue weighted by Gasteiger charge is -2.27. The summed E-state index contributed by atoms with van der Waals surface area (Å²) in [7, 11) is 0. The van der Waals surface area contributed by atoms with Crippen molar-refractivity contribution in [2.75, 3.05) is 6.54 Å². The third kappa shape index (κ3) is 4.29. The average Bonchev–Trinajstić information content (AvgIpc) is 2.57. The van der Waals surface area contributed by atoms with Crippen molar-refractivity contribution < 1.29 is 9.50 Å². The number of halogens is 1. The summed E-state index contributed by atoms with van der Waals surface area (Å²) < 4.78 is 13.0. The molecule has 0 heterocycles. The summed E-state index contributed by atoms with van der Waals surface area (Å²) >= 11 is 0. The molecule has 2 N–H and O–H groups in total. The molecule has 106 valence electrons. The van der Waals surface area contributed by atoms with E-state index in [2.05, 4.69) is 5.32 Å². The second-order valence-corrected chi connectivity index (χ2v) is 5.81. The zero-order valence-corrected chi connectivity index (χ0v) is 11.7. The van der Waals surface area contributed by atoms with Gasteiger partial charge in [-0.05, 0) is 43.0 Å². The van der Waals surface area contributed by atoms with Crippen LogP contribution < -0.4 is 5.32 Å². The molecule has 0 atom stereocenters. The lowest BCUT2D eigenvalue weighted by Crippen LogP contribution is -2.40. The van der Waals surface area contributed by atoms with Gasteiger partial charge in [-0.2, -0.15) is 0 Å². The summed E-state index contributed by atoms with van der Waals surface area (Å²) in [6.45, 7) is 3.23. The van der Waals surface area contributed by atoms with Gasteiger partial charge >= 0.3 is 0 Å². The van der Waals surface area contributed by atoms with Crippen LogP contribution in [0.25, 0.3) is 0 Å². The van der Waals surface area contributed by atoms with E-state index in [1.807, 2.05) is 13.0 Å². The largest absolute Gasteiger partial charge is 0.389 e. The summed E-state index contributed by atoms with van der Waals surface area (Å²) in [5, 5.41) is 13.8. The van der Waals surface area contributed by atoms with Gasteiger partial charge in [0.05, 0.1) is 5.60 Å². The van der Waals surface area contributed by atoms with Crippen LogP contribution in [0, 0.1) is 12.7 Å². The van der Waals surface area contributed by atoms with Crippen molar-refractivity contribution in [3.05, 3.63) is 35.1 Å². The fraction of sp³-hybridized carbons (Fsp3) is 0.625. The fourth-order valence-electron chi connectivity index (χ4n) is 2.85. The molecule has 0 amide bonds. The molecule has 0 spiro atoms. The molecule has 0 aliphatic heterocycles. The smallest absolute Gasteiger partial charge is 0.123 e. The molecule has 0 unspecified atom stereocenters. The minimum Gasteiger partial charge on any atom is -0.389 e. The first-order valence-corrected chi connectivity index (χ1v) is 7.27. The van der Waals surface area contributed by atoms with Crippen LogP contribution in [0.1, 0.15) is 49.7 Å². The molecule has 1 aliphatic rings. The zero-order chi connectivity index (χ0) is 13.7. The van der Waals surface area contributed by atoms with Crippen molar-refractivity contribution in [1.82, 2.24) is 5.32 Å². The number of benzene rings is 1. The second-order valence-electron chi connectivity index (χ2n) is 5.81. The van der Waals surface area contributed by atoms with Crippen LogP contribution >= 0.6 is 0 Å². The molecule has 19 heavy (non-hydrogen) atoms. The SMILES string of the molecule is Cc1cc(F)ccc1CNCC1(O)CCCCCC1. The van der Waals surface area contributed by atoms with E-state index in [4.69, 9.17) is 0 Å². The first-order valence-electron chi connectivity index (χ1n) is 7.27. The Balaban J connectivity index is 1.85. The van der Waals surface area contributed by atoms with Gasteiger partial charge in [0.15, 0.2) is 0 Å². The number of aliphatic hydroxyl groups is 1. The second kappa shape index (κ2) is 6.49. The fourth-order valence-corrected chi connectivity index (χ4v) is 2.85. The molecule has 0 bridgehead atoms. The monoisotopic (exact) mass is 265 g/mol. The van der Waals surface area contributed by atoms with E-state index >= 15 is 0 Å². The van der Waals surface area contributed by atoms with Crippen molar-refractivity contribution in [2.24, 2.45) is 0 Å². The third-order valence-corrected chi connectivity index (χ3v) is 4.11. The highest BCUT2D eigenvalue weighted by atomic mass is 19.1. The number of nitrogens with one attached hydrogen (secondary N) is 1. The summed E-state index contributed by atoms with van der Waals surface area (Å²) in [5.74, 6) is -0.191. The van der Waals surface area contributed by atoms with Gasteiger partial charge in [0.25, 0.3) is 0 Å². The van der Waals surface area contributed by atoms with E-state index in [1.54, 1.807) is 6.07 Å². The highest BCUT2D eigenvalue weighted by molar-refractivity contribution is 5.26. The third-order valence-electron chi connectivity index (χ3n) is 4.11. The van der Waals surface area contributed by atoms with Gasteiger partial charge in [-0.25, -0.2) is 4.39 Å². The molecule has 0 saturated heterocycles. The van der Waals surface area contributed by atoms with Crippen molar-refractivity contribution in [3.63, 3.8) is 0 Å². The Morgan fingerprint density at radius 2 is 1.89 bits per heavy atom. The van der Waals surface area contributed by atoms with Gasteiger partial charge in [0, 0.05) is 13.1 Å². The maximum Gasteiger partial charge on any atom is 0.123 e. The van der Waals surface area contributed by atoms with Crippen molar-refractivity contribution in [3.8, 4) is 0 Å². The van der Waals surface area contributed by atoms with Gasteiger partial charge in [-0.15, -0.1) is 0 Å². The molecule has 1 aliphatic carbocycles. The molecule has 0 radical (unpaired) electrons. The van der Waals surface area contributed by atoms with Gasteiger partial charge in [0.2, 0.25) is 0 Å². The Morgan fingerprint density at radius 3 is 2.53 bits per heavy atom. The maximum atomic E-state index is 13.0. The highest BCUT2D eigenvalue weighted by Gasteiger charge is 2.27. The van der Waals surface area contributed by atoms with Crippen LogP contribution in [0.3, 0.4) is 0 Å². The summed E-state index contributed by atoms with van der Waals surface area (Å²) in [5.41, 5.74) is 1.50. The van der Waals surface area contributed by atoms with E-state index < -0.39 is 5.60 Å². The zero-order valence-electron chi connectivity index (χ0n) is 11.7. The van der Waals surface area contributed by atoms with Gasteiger partial charge < -0.3 is 10.4 Å². The van der Waals surface area contributed by atoms with Crippen LogP contribution in [0.2, 0.25) is 0 Å². The summed E-state index contributed by atoms with van der Waals surface area (Å²) in [6.07, 6.45) is 6.49. The molecule has 3 heteroatoms. The molecule has 2 nitrogen and oxygen atoms in total. The number of rotatable bonds is 4. The van der Waals surface area contributed by atoms with Gasteiger partial charge in [-0.3, -0.25) is 0 Å². The molecule has 2 rings (SSSR count). The minimum atomic E-state index is -0.551. The summed E-state index contributed by atoms with van der Waals surface area (Å²) in [4.78, 5) is 0. The standard InChI is InChI=1S/C16H24FNO/c1-13-10-15(17)7-6-14(13)11-18-12-16(19)8-4-2-3-5-9-16/h6-7,10,18-19H,2-5,8-9,11-12H2,1H3. The quantitative estimate of drug-likeness (QED) is 0.819. The van der Waals surface area contributed by atoms with Gasteiger partial charge in [-0.1, -0.05) is 31.7 Å². The number of hydrogen-bond acceptors (Lipinski definition) is 2. The molecule has 0 aromatic heterocycles. The first-order chi connectivity index (χ1) is 9.09. The first kappa shape index (κ1) is 14.5.